The molecule has 0 aliphatic heterocycles. The van der Waals surface area contributed by atoms with E-state index in [1.807, 2.05) is 26.8 Å². The predicted molar refractivity (Wildman–Crippen MR) is 75.1 cm³/mol. The second kappa shape index (κ2) is 6.03. The molecule has 102 valence electrons. The van der Waals surface area contributed by atoms with E-state index in [-0.39, 0.29) is 11.3 Å². The number of aromatic nitrogens is 1. The summed E-state index contributed by atoms with van der Waals surface area (Å²) in [6, 6.07) is 5.34. The second-order valence-corrected chi connectivity index (χ2v) is 5.84. The molecule has 1 amide bonds. The zero-order chi connectivity index (χ0) is 14.6. The molecule has 0 aromatic carbocycles. The number of carbonyl (C=O) groups excluding carboxylic acids is 1. The van der Waals surface area contributed by atoms with Crippen molar-refractivity contribution in [1.29, 1.82) is 5.26 Å². The number of nitrogens with zero attached hydrogens (tertiary/aromatic N) is 3. The lowest BCUT2D eigenvalue weighted by atomic mass is 9.91. The fourth-order valence-electron chi connectivity index (χ4n) is 1.54. The lowest BCUT2D eigenvalue weighted by Crippen LogP contribution is -2.28. The van der Waals surface area contributed by atoms with Crippen molar-refractivity contribution in [3.8, 4) is 6.07 Å². The van der Waals surface area contributed by atoms with Gasteiger partial charge in [0.2, 0.25) is 0 Å². The predicted octanol–water partition coefficient (Wildman–Crippen LogP) is 3.02. The molecular weight excluding hydrogens is 262 g/mol. The van der Waals surface area contributed by atoms with E-state index in [1.165, 1.54) is 4.90 Å². The topological polar surface area (TPSA) is 57.0 Å². The van der Waals surface area contributed by atoms with Crippen molar-refractivity contribution >= 4 is 17.5 Å². The highest BCUT2D eigenvalue weighted by atomic mass is 35.5. The van der Waals surface area contributed by atoms with Crippen LogP contribution in [-0.4, -0.2) is 29.4 Å². The van der Waals surface area contributed by atoms with Crippen molar-refractivity contribution in [2.45, 2.75) is 32.6 Å². The Morgan fingerprint density at radius 2 is 2.11 bits per heavy atom. The molecule has 1 rings (SSSR count). The highest BCUT2D eigenvalue weighted by molar-refractivity contribution is 6.29. The quantitative estimate of drug-likeness (QED) is 0.799. The van der Waals surface area contributed by atoms with Gasteiger partial charge in [0.25, 0.3) is 5.91 Å². The lowest BCUT2D eigenvalue weighted by molar-refractivity contribution is 0.0797. The van der Waals surface area contributed by atoms with E-state index in [1.54, 1.807) is 19.2 Å². The summed E-state index contributed by atoms with van der Waals surface area (Å²) in [6.45, 7) is 6.44. The zero-order valence-electron chi connectivity index (χ0n) is 11.7. The summed E-state index contributed by atoms with van der Waals surface area (Å²) < 4.78 is 0. The molecule has 1 aromatic heterocycles. The largest absolute Gasteiger partial charge is 0.341 e. The van der Waals surface area contributed by atoms with E-state index in [9.17, 15) is 4.79 Å². The molecule has 0 saturated carbocycles. The normalized spacial score (nSPS) is 10.9. The Kier molecular flexibility index (Phi) is 4.90. The van der Waals surface area contributed by atoms with Crippen LogP contribution >= 0.6 is 11.6 Å². The third-order valence-electron chi connectivity index (χ3n) is 2.72. The summed E-state index contributed by atoms with van der Waals surface area (Å²) >= 11 is 5.97. The van der Waals surface area contributed by atoms with Crippen LogP contribution in [0.3, 0.4) is 0 Å². The first kappa shape index (κ1) is 15.5. The summed E-state index contributed by atoms with van der Waals surface area (Å²) in [5.74, 6) is -0.148. The molecule has 4 nitrogen and oxygen atoms in total. The number of hydrogen-bond donors (Lipinski definition) is 0. The molecular formula is C14H18ClN3O. The average molecular weight is 280 g/mol. The highest BCUT2D eigenvalue weighted by Gasteiger charge is 2.20. The Bertz CT molecular complexity index is 514. The van der Waals surface area contributed by atoms with Gasteiger partial charge in [0.05, 0.1) is 12.5 Å². The van der Waals surface area contributed by atoms with Crippen molar-refractivity contribution < 1.29 is 4.79 Å². The van der Waals surface area contributed by atoms with Gasteiger partial charge in [-0.2, -0.15) is 5.26 Å². The maximum absolute atomic E-state index is 12.2. The van der Waals surface area contributed by atoms with Gasteiger partial charge in [0.15, 0.2) is 0 Å². The summed E-state index contributed by atoms with van der Waals surface area (Å²) in [4.78, 5) is 18.0. The minimum Gasteiger partial charge on any atom is -0.341 e. The number of amides is 1. The fourth-order valence-corrected chi connectivity index (χ4v) is 1.75. The first-order valence-electron chi connectivity index (χ1n) is 6.06. The van der Waals surface area contributed by atoms with Gasteiger partial charge in [0, 0.05) is 30.3 Å². The van der Waals surface area contributed by atoms with E-state index in [0.717, 1.165) is 5.69 Å². The van der Waals surface area contributed by atoms with E-state index < -0.39 is 0 Å². The van der Waals surface area contributed by atoms with Gasteiger partial charge in [-0.3, -0.25) is 4.79 Å². The molecule has 19 heavy (non-hydrogen) atoms. The molecule has 0 bridgehead atoms. The number of carbonyl (C=O) groups is 1. The van der Waals surface area contributed by atoms with Crippen molar-refractivity contribution in [2.75, 3.05) is 13.6 Å². The van der Waals surface area contributed by atoms with Crippen molar-refractivity contribution in [3.05, 3.63) is 28.5 Å². The van der Waals surface area contributed by atoms with Gasteiger partial charge in [-0.15, -0.1) is 0 Å². The molecule has 0 aliphatic carbocycles. The molecule has 0 N–H and O–H groups in total. The van der Waals surface area contributed by atoms with E-state index in [4.69, 9.17) is 16.9 Å². The van der Waals surface area contributed by atoms with Crippen molar-refractivity contribution in [2.24, 2.45) is 0 Å². The van der Waals surface area contributed by atoms with Gasteiger partial charge in [-0.05, 0) is 12.1 Å². The Labute approximate surface area is 119 Å². The Balaban J connectivity index is 3.04. The summed E-state index contributed by atoms with van der Waals surface area (Å²) in [7, 11) is 1.67. The molecule has 0 spiro atoms. The van der Waals surface area contributed by atoms with Crippen LogP contribution in [0.2, 0.25) is 5.15 Å². The van der Waals surface area contributed by atoms with Gasteiger partial charge in [-0.25, -0.2) is 4.98 Å². The zero-order valence-corrected chi connectivity index (χ0v) is 12.5. The second-order valence-electron chi connectivity index (χ2n) is 5.45. The SMILES string of the molecule is CN(CCC#N)C(=O)c1cc(Cl)nc(C(C)(C)C)c1. The van der Waals surface area contributed by atoms with Gasteiger partial charge >= 0.3 is 0 Å². The monoisotopic (exact) mass is 279 g/mol. The van der Waals surface area contributed by atoms with Gasteiger partial charge in [0.1, 0.15) is 5.15 Å². The maximum Gasteiger partial charge on any atom is 0.253 e. The third-order valence-corrected chi connectivity index (χ3v) is 2.91. The van der Waals surface area contributed by atoms with Crippen LogP contribution in [0, 0.1) is 11.3 Å². The molecule has 0 fully saturated rings. The smallest absolute Gasteiger partial charge is 0.253 e. The Morgan fingerprint density at radius 3 is 2.63 bits per heavy atom. The molecule has 0 atom stereocenters. The number of nitriles is 1. The highest BCUT2D eigenvalue weighted by Crippen LogP contribution is 2.23. The van der Waals surface area contributed by atoms with Crippen LogP contribution in [-0.2, 0) is 5.41 Å². The van der Waals surface area contributed by atoms with Gasteiger partial charge < -0.3 is 4.90 Å². The molecule has 0 saturated heterocycles. The van der Waals surface area contributed by atoms with Crippen molar-refractivity contribution in [1.82, 2.24) is 9.88 Å². The third kappa shape index (κ3) is 4.22. The summed E-state index contributed by atoms with van der Waals surface area (Å²) in [6.07, 6.45) is 0.313. The maximum atomic E-state index is 12.2. The van der Waals surface area contributed by atoms with Crippen LogP contribution in [0.4, 0.5) is 0 Å². The van der Waals surface area contributed by atoms with E-state index in [0.29, 0.717) is 23.7 Å². The van der Waals surface area contributed by atoms with E-state index in [2.05, 4.69) is 4.98 Å². The van der Waals surface area contributed by atoms with Crippen LogP contribution in [0.1, 0.15) is 43.2 Å². The summed E-state index contributed by atoms with van der Waals surface area (Å²) in [5.41, 5.74) is 1.10. The Morgan fingerprint density at radius 1 is 1.47 bits per heavy atom. The number of rotatable bonds is 3. The van der Waals surface area contributed by atoms with Crippen LogP contribution in [0.5, 0.6) is 0 Å². The minimum absolute atomic E-state index is 0.148. The number of hydrogen-bond acceptors (Lipinski definition) is 3. The lowest BCUT2D eigenvalue weighted by Gasteiger charge is -2.20. The van der Waals surface area contributed by atoms with Crippen LogP contribution in [0.15, 0.2) is 12.1 Å². The van der Waals surface area contributed by atoms with Gasteiger partial charge in [-0.1, -0.05) is 32.4 Å². The standard InChI is InChI=1S/C14H18ClN3O/c1-14(2,3)11-8-10(9-12(15)17-11)13(19)18(4)7-5-6-16/h8-9H,5,7H2,1-4H3. The van der Waals surface area contributed by atoms with E-state index >= 15 is 0 Å². The Hall–Kier alpha value is -1.60. The minimum atomic E-state index is -0.175. The van der Waals surface area contributed by atoms with Crippen LogP contribution in [0.25, 0.3) is 0 Å². The molecule has 1 aromatic rings. The first-order valence-corrected chi connectivity index (χ1v) is 6.44. The average Bonchev–Trinajstić information content (AvgIpc) is 2.33. The molecule has 0 radical (unpaired) electrons. The summed E-state index contributed by atoms with van der Waals surface area (Å²) in [5, 5.41) is 8.85. The molecule has 0 aliphatic rings. The number of halogens is 1. The number of pyridine rings is 1. The van der Waals surface area contributed by atoms with Crippen LogP contribution < -0.4 is 0 Å². The molecule has 5 heteroatoms. The fraction of sp³-hybridized carbons (Fsp3) is 0.500. The molecule has 0 unspecified atom stereocenters. The van der Waals surface area contributed by atoms with Crippen molar-refractivity contribution in [3.63, 3.8) is 0 Å². The molecule has 1 heterocycles. The first-order chi connectivity index (χ1) is 8.75.